The highest BCUT2D eigenvalue weighted by Gasteiger charge is 2.24. The van der Waals surface area contributed by atoms with Gasteiger partial charge in [0.05, 0.1) is 10.7 Å². The molecule has 0 saturated heterocycles. The third kappa shape index (κ3) is 4.45. The fraction of sp³-hybridized carbons (Fsp3) is 0.737. The zero-order valence-electron chi connectivity index (χ0n) is 13.6. The van der Waals surface area contributed by atoms with Crippen molar-refractivity contribution in [3.8, 4) is 0 Å². The smallest absolute Gasteiger partial charge is 0.0624 e. The molecule has 2 nitrogen and oxygen atoms in total. The van der Waals surface area contributed by atoms with Crippen molar-refractivity contribution < 1.29 is 0 Å². The van der Waals surface area contributed by atoms with E-state index in [9.17, 15) is 0 Å². The fourth-order valence-electron chi connectivity index (χ4n) is 4.22. The number of rotatable bonds is 5. The van der Waals surface area contributed by atoms with Gasteiger partial charge in [0.2, 0.25) is 0 Å². The lowest BCUT2D eigenvalue weighted by Gasteiger charge is -2.29. The summed E-state index contributed by atoms with van der Waals surface area (Å²) < 4.78 is 0. The van der Waals surface area contributed by atoms with Crippen LogP contribution in [0, 0.1) is 5.92 Å². The normalized spacial score (nSPS) is 27.0. The van der Waals surface area contributed by atoms with Crippen molar-refractivity contribution in [3.63, 3.8) is 0 Å². The predicted octanol–water partition coefficient (Wildman–Crippen LogP) is 5.32. The van der Waals surface area contributed by atoms with Crippen molar-refractivity contribution in [2.75, 3.05) is 6.54 Å². The fourth-order valence-corrected chi connectivity index (χ4v) is 4.50. The van der Waals surface area contributed by atoms with Crippen LogP contribution in [-0.4, -0.2) is 17.6 Å². The SMILES string of the molecule is Clc1cccnc1C1CCC(CCNC2CCCCC2)CC1. The molecule has 0 atom stereocenters. The van der Waals surface area contributed by atoms with Crippen LogP contribution in [0.15, 0.2) is 18.3 Å². The Bertz CT molecular complexity index is 449. The Morgan fingerprint density at radius 1 is 1.05 bits per heavy atom. The minimum Gasteiger partial charge on any atom is -0.314 e. The van der Waals surface area contributed by atoms with E-state index in [0.29, 0.717) is 5.92 Å². The Morgan fingerprint density at radius 3 is 2.55 bits per heavy atom. The Balaban J connectivity index is 1.37. The Labute approximate surface area is 140 Å². The summed E-state index contributed by atoms with van der Waals surface area (Å²) in [5.74, 6) is 1.48. The van der Waals surface area contributed by atoms with Crippen molar-refractivity contribution in [2.24, 2.45) is 5.92 Å². The molecule has 0 unspecified atom stereocenters. The number of hydrogen-bond donors (Lipinski definition) is 1. The van der Waals surface area contributed by atoms with Gasteiger partial charge in [-0.2, -0.15) is 0 Å². The monoisotopic (exact) mass is 320 g/mol. The van der Waals surface area contributed by atoms with Crippen LogP contribution in [0.5, 0.6) is 0 Å². The number of pyridine rings is 1. The second-order valence-corrected chi connectivity index (χ2v) is 7.57. The standard InChI is InChI=1S/C19H29ClN2/c20-18-7-4-13-22-19(18)16-10-8-15(9-11-16)12-14-21-17-5-2-1-3-6-17/h4,7,13,15-17,21H,1-3,5-6,8-12,14H2. The van der Waals surface area contributed by atoms with Crippen molar-refractivity contribution >= 4 is 11.6 Å². The summed E-state index contributed by atoms with van der Waals surface area (Å²) in [4.78, 5) is 4.51. The predicted molar refractivity (Wildman–Crippen MR) is 93.4 cm³/mol. The summed E-state index contributed by atoms with van der Waals surface area (Å²) in [6, 6.07) is 4.70. The molecular formula is C19H29ClN2. The number of hydrogen-bond acceptors (Lipinski definition) is 2. The Kier molecular flexibility index (Phi) is 6.14. The molecule has 1 aromatic rings. The summed E-state index contributed by atoms with van der Waals surface area (Å²) in [5, 5.41) is 4.64. The third-order valence-electron chi connectivity index (χ3n) is 5.61. The maximum Gasteiger partial charge on any atom is 0.0624 e. The van der Waals surface area contributed by atoms with E-state index in [2.05, 4.69) is 10.3 Å². The van der Waals surface area contributed by atoms with Gasteiger partial charge in [-0.15, -0.1) is 0 Å². The molecule has 3 rings (SSSR count). The van der Waals surface area contributed by atoms with Crippen LogP contribution in [0.2, 0.25) is 5.02 Å². The quantitative estimate of drug-likeness (QED) is 0.794. The average Bonchev–Trinajstić information content (AvgIpc) is 2.57. The van der Waals surface area contributed by atoms with E-state index in [4.69, 9.17) is 11.6 Å². The lowest BCUT2D eigenvalue weighted by atomic mass is 9.79. The molecule has 0 bridgehead atoms. The largest absolute Gasteiger partial charge is 0.314 e. The molecule has 2 aliphatic rings. The second-order valence-electron chi connectivity index (χ2n) is 7.17. The molecule has 0 radical (unpaired) electrons. The van der Waals surface area contributed by atoms with Crippen LogP contribution in [0.1, 0.15) is 75.8 Å². The molecule has 22 heavy (non-hydrogen) atoms. The molecule has 0 spiro atoms. The molecule has 3 heteroatoms. The van der Waals surface area contributed by atoms with Gasteiger partial charge in [-0.05, 0) is 69.5 Å². The van der Waals surface area contributed by atoms with Gasteiger partial charge < -0.3 is 5.32 Å². The number of nitrogens with one attached hydrogen (secondary N) is 1. The molecule has 2 fully saturated rings. The maximum absolute atomic E-state index is 6.29. The lowest BCUT2D eigenvalue weighted by Crippen LogP contribution is -2.32. The van der Waals surface area contributed by atoms with E-state index in [0.717, 1.165) is 22.7 Å². The molecule has 2 aliphatic carbocycles. The third-order valence-corrected chi connectivity index (χ3v) is 5.93. The molecule has 0 amide bonds. The summed E-state index contributed by atoms with van der Waals surface area (Å²) >= 11 is 6.29. The maximum atomic E-state index is 6.29. The molecule has 0 aromatic carbocycles. The Morgan fingerprint density at radius 2 is 1.82 bits per heavy atom. The summed E-state index contributed by atoms with van der Waals surface area (Å²) in [5.41, 5.74) is 1.13. The van der Waals surface area contributed by atoms with Gasteiger partial charge in [-0.25, -0.2) is 0 Å². The molecule has 2 saturated carbocycles. The van der Waals surface area contributed by atoms with Crippen molar-refractivity contribution in [3.05, 3.63) is 29.0 Å². The minimum atomic E-state index is 0.580. The van der Waals surface area contributed by atoms with Crippen LogP contribution in [0.25, 0.3) is 0 Å². The second kappa shape index (κ2) is 8.31. The molecular weight excluding hydrogens is 292 g/mol. The zero-order valence-corrected chi connectivity index (χ0v) is 14.3. The van der Waals surface area contributed by atoms with E-state index in [1.54, 1.807) is 0 Å². The first-order chi connectivity index (χ1) is 10.8. The molecule has 122 valence electrons. The summed E-state index contributed by atoms with van der Waals surface area (Å²) in [6.07, 6.45) is 15.5. The van der Waals surface area contributed by atoms with Crippen LogP contribution in [-0.2, 0) is 0 Å². The van der Waals surface area contributed by atoms with Gasteiger partial charge in [-0.3, -0.25) is 4.98 Å². The highest BCUT2D eigenvalue weighted by Crippen LogP contribution is 2.38. The Hall–Kier alpha value is -0.600. The highest BCUT2D eigenvalue weighted by atomic mass is 35.5. The lowest BCUT2D eigenvalue weighted by molar-refractivity contribution is 0.291. The first kappa shape index (κ1) is 16.3. The summed E-state index contributed by atoms with van der Waals surface area (Å²) in [7, 11) is 0. The highest BCUT2D eigenvalue weighted by molar-refractivity contribution is 6.31. The van der Waals surface area contributed by atoms with E-state index in [1.165, 1.54) is 70.8 Å². The van der Waals surface area contributed by atoms with Crippen LogP contribution >= 0.6 is 11.6 Å². The van der Waals surface area contributed by atoms with E-state index < -0.39 is 0 Å². The van der Waals surface area contributed by atoms with Crippen molar-refractivity contribution in [2.45, 2.75) is 76.2 Å². The molecule has 0 aliphatic heterocycles. The topological polar surface area (TPSA) is 24.9 Å². The van der Waals surface area contributed by atoms with Crippen molar-refractivity contribution in [1.29, 1.82) is 0 Å². The number of nitrogens with zero attached hydrogens (tertiary/aromatic N) is 1. The minimum absolute atomic E-state index is 0.580. The van der Waals surface area contributed by atoms with Crippen LogP contribution in [0.3, 0.4) is 0 Å². The zero-order chi connectivity index (χ0) is 15.2. The van der Waals surface area contributed by atoms with Crippen LogP contribution < -0.4 is 5.32 Å². The van der Waals surface area contributed by atoms with Gasteiger partial charge >= 0.3 is 0 Å². The van der Waals surface area contributed by atoms with E-state index >= 15 is 0 Å². The first-order valence-electron chi connectivity index (χ1n) is 9.16. The van der Waals surface area contributed by atoms with Gasteiger partial charge in [0.15, 0.2) is 0 Å². The number of halogens is 1. The van der Waals surface area contributed by atoms with Gasteiger partial charge in [0.1, 0.15) is 0 Å². The van der Waals surface area contributed by atoms with Gasteiger partial charge in [0.25, 0.3) is 0 Å². The van der Waals surface area contributed by atoms with Gasteiger partial charge in [-0.1, -0.05) is 30.9 Å². The van der Waals surface area contributed by atoms with Gasteiger partial charge in [0, 0.05) is 18.2 Å². The molecule has 1 heterocycles. The van der Waals surface area contributed by atoms with Crippen LogP contribution in [0.4, 0.5) is 0 Å². The molecule has 1 aromatic heterocycles. The van der Waals surface area contributed by atoms with E-state index in [-0.39, 0.29) is 0 Å². The number of aromatic nitrogens is 1. The van der Waals surface area contributed by atoms with Crippen molar-refractivity contribution in [1.82, 2.24) is 10.3 Å². The first-order valence-corrected chi connectivity index (χ1v) is 9.54. The molecule has 1 N–H and O–H groups in total. The average molecular weight is 321 g/mol. The summed E-state index contributed by atoms with van der Waals surface area (Å²) in [6.45, 7) is 1.21. The van der Waals surface area contributed by atoms with E-state index in [1.807, 2.05) is 18.3 Å².